The van der Waals surface area contributed by atoms with Gasteiger partial charge < -0.3 is 20.9 Å². The summed E-state index contributed by atoms with van der Waals surface area (Å²) in [6, 6.07) is 8.32. The van der Waals surface area contributed by atoms with Crippen LogP contribution in [0.15, 0.2) is 36.7 Å². The molecule has 0 aliphatic rings. The molecular weight excluding hydrogens is 300 g/mol. The van der Waals surface area contributed by atoms with Crippen LogP contribution in [0.5, 0.6) is 0 Å². The van der Waals surface area contributed by atoms with E-state index in [4.69, 9.17) is 15.6 Å². The molecule has 0 aromatic heterocycles. The van der Waals surface area contributed by atoms with Crippen LogP contribution in [-0.2, 0) is 4.74 Å². The predicted octanol–water partition coefficient (Wildman–Crippen LogP) is 3.53. The molecule has 24 heavy (non-hydrogen) atoms. The summed E-state index contributed by atoms with van der Waals surface area (Å²) in [7, 11) is 0. The number of ether oxygens (including phenoxy) is 1. The molecule has 1 rings (SSSR count). The highest BCUT2D eigenvalue weighted by Crippen LogP contribution is 2.08. The molecule has 0 unspecified atom stereocenters. The number of unbranched alkanes of at least 4 members (excludes halogenated alkanes) is 4. The van der Waals surface area contributed by atoms with E-state index in [0.29, 0.717) is 6.61 Å². The average Bonchev–Trinajstić information content (AvgIpc) is 2.61. The highest BCUT2D eigenvalue weighted by molar-refractivity contribution is 5.55. The molecule has 4 heteroatoms. The zero-order chi connectivity index (χ0) is 17.3. The Hall–Kier alpha value is -1.78. The Kier molecular flexibility index (Phi) is 12.5. The van der Waals surface area contributed by atoms with Gasteiger partial charge in [-0.1, -0.05) is 37.1 Å². The molecule has 0 amide bonds. The van der Waals surface area contributed by atoms with Gasteiger partial charge in [-0.3, -0.25) is 0 Å². The van der Waals surface area contributed by atoms with Crippen LogP contribution in [0.3, 0.4) is 0 Å². The lowest BCUT2D eigenvalue weighted by atomic mass is 10.1. The van der Waals surface area contributed by atoms with Gasteiger partial charge in [-0.05, 0) is 61.7 Å². The van der Waals surface area contributed by atoms with Gasteiger partial charge in [0, 0.05) is 13.2 Å². The molecule has 0 spiro atoms. The van der Waals surface area contributed by atoms with Crippen LogP contribution in [0, 0.1) is 0 Å². The maximum absolute atomic E-state index is 8.67. The first-order valence-corrected chi connectivity index (χ1v) is 8.96. The van der Waals surface area contributed by atoms with Crippen molar-refractivity contribution in [3.8, 4) is 0 Å². The summed E-state index contributed by atoms with van der Waals surface area (Å²) in [4.78, 5) is 0. The number of rotatable bonds is 14. The zero-order valence-corrected chi connectivity index (χ0v) is 14.6. The van der Waals surface area contributed by atoms with Gasteiger partial charge in [0.25, 0.3) is 0 Å². The number of nitrogens with two attached hydrogens (primary N) is 1. The van der Waals surface area contributed by atoms with Crippen molar-refractivity contribution in [2.24, 2.45) is 5.73 Å². The Morgan fingerprint density at radius 2 is 1.62 bits per heavy atom. The lowest BCUT2D eigenvalue weighted by Crippen LogP contribution is -2.06. The Morgan fingerprint density at radius 1 is 0.917 bits per heavy atom. The second kappa shape index (κ2) is 14.8. The minimum Gasteiger partial charge on any atom is -0.501 e. The van der Waals surface area contributed by atoms with Crippen molar-refractivity contribution in [3.05, 3.63) is 47.9 Å². The molecule has 4 nitrogen and oxygen atoms in total. The van der Waals surface area contributed by atoms with E-state index in [1.54, 1.807) is 6.26 Å². The van der Waals surface area contributed by atoms with E-state index in [1.165, 1.54) is 24.8 Å². The molecule has 1 aromatic carbocycles. The SMILES string of the molecule is NCCCCCCNC=Cc1ccc(C=COCCCCO)cc1. The molecule has 0 bridgehead atoms. The molecule has 0 aliphatic carbocycles. The van der Waals surface area contributed by atoms with Crippen molar-refractivity contribution in [2.45, 2.75) is 38.5 Å². The highest BCUT2D eigenvalue weighted by Gasteiger charge is 1.90. The zero-order valence-electron chi connectivity index (χ0n) is 14.6. The van der Waals surface area contributed by atoms with E-state index in [9.17, 15) is 0 Å². The van der Waals surface area contributed by atoms with E-state index in [0.717, 1.165) is 37.9 Å². The van der Waals surface area contributed by atoms with Crippen LogP contribution in [0.25, 0.3) is 12.2 Å². The molecule has 0 aliphatic heterocycles. The van der Waals surface area contributed by atoms with Crippen molar-refractivity contribution in [1.29, 1.82) is 0 Å². The summed E-state index contributed by atoms with van der Waals surface area (Å²) >= 11 is 0. The third kappa shape index (κ3) is 10.9. The molecule has 0 radical (unpaired) electrons. The summed E-state index contributed by atoms with van der Waals surface area (Å²) in [5, 5.41) is 12.0. The van der Waals surface area contributed by atoms with Gasteiger partial charge >= 0.3 is 0 Å². The number of benzene rings is 1. The van der Waals surface area contributed by atoms with Crippen molar-refractivity contribution >= 4 is 12.2 Å². The Labute approximate surface area is 146 Å². The van der Waals surface area contributed by atoms with E-state index in [1.807, 2.05) is 12.3 Å². The molecule has 0 saturated carbocycles. The molecule has 0 heterocycles. The summed E-state index contributed by atoms with van der Waals surface area (Å²) in [6.45, 7) is 2.69. The number of hydrogen-bond acceptors (Lipinski definition) is 4. The monoisotopic (exact) mass is 332 g/mol. The fourth-order valence-electron chi connectivity index (χ4n) is 2.17. The summed E-state index contributed by atoms with van der Waals surface area (Å²) < 4.78 is 5.37. The Balaban J connectivity index is 2.17. The first kappa shape index (κ1) is 20.3. The lowest BCUT2D eigenvalue weighted by molar-refractivity contribution is 0.220. The predicted molar refractivity (Wildman–Crippen MR) is 102 cm³/mol. The van der Waals surface area contributed by atoms with Gasteiger partial charge in [-0.2, -0.15) is 0 Å². The molecule has 0 atom stereocenters. The second-order valence-electron chi connectivity index (χ2n) is 5.76. The van der Waals surface area contributed by atoms with Gasteiger partial charge in [0.2, 0.25) is 0 Å². The first-order chi connectivity index (χ1) is 11.9. The van der Waals surface area contributed by atoms with Gasteiger partial charge in [0.15, 0.2) is 0 Å². The highest BCUT2D eigenvalue weighted by atomic mass is 16.5. The van der Waals surface area contributed by atoms with Gasteiger partial charge in [-0.25, -0.2) is 0 Å². The number of aliphatic hydroxyl groups is 1. The number of hydrogen-bond donors (Lipinski definition) is 3. The number of nitrogens with one attached hydrogen (secondary N) is 1. The molecule has 4 N–H and O–H groups in total. The van der Waals surface area contributed by atoms with Crippen LogP contribution in [0.4, 0.5) is 0 Å². The maximum atomic E-state index is 8.67. The quantitative estimate of drug-likeness (QED) is 0.360. The van der Waals surface area contributed by atoms with Crippen molar-refractivity contribution in [2.75, 3.05) is 26.3 Å². The largest absolute Gasteiger partial charge is 0.501 e. The molecular formula is C20H32N2O2. The van der Waals surface area contributed by atoms with Crippen LogP contribution >= 0.6 is 0 Å². The van der Waals surface area contributed by atoms with Crippen LogP contribution in [-0.4, -0.2) is 31.4 Å². The fraction of sp³-hybridized carbons (Fsp3) is 0.500. The normalized spacial score (nSPS) is 11.4. The van der Waals surface area contributed by atoms with E-state index in [-0.39, 0.29) is 6.61 Å². The molecule has 134 valence electrons. The summed E-state index contributed by atoms with van der Waals surface area (Å²) in [5.74, 6) is 0. The Morgan fingerprint density at radius 3 is 2.33 bits per heavy atom. The van der Waals surface area contributed by atoms with Gasteiger partial charge in [0.1, 0.15) is 0 Å². The number of aliphatic hydroxyl groups excluding tert-OH is 1. The van der Waals surface area contributed by atoms with E-state index >= 15 is 0 Å². The smallest absolute Gasteiger partial charge is 0.0874 e. The lowest BCUT2D eigenvalue weighted by Gasteiger charge is -2.01. The van der Waals surface area contributed by atoms with Gasteiger partial charge in [-0.15, -0.1) is 0 Å². The van der Waals surface area contributed by atoms with Crippen LogP contribution in [0.1, 0.15) is 49.7 Å². The average molecular weight is 332 g/mol. The van der Waals surface area contributed by atoms with E-state index < -0.39 is 0 Å². The van der Waals surface area contributed by atoms with Gasteiger partial charge in [0.05, 0.1) is 12.9 Å². The van der Waals surface area contributed by atoms with Crippen molar-refractivity contribution < 1.29 is 9.84 Å². The third-order valence-corrected chi connectivity index (χ3v) is 3.63. The third-order valence-electron chi connectivity index (χ3n) is 3.63. The summed E-state index contributed by atoms with van der Waals surface area (Å²) in [6.07, 6.45) is 14.2. The Bertz CT molecular complexity index is 455. The topological polar surface area (TPSA) is 67.5 Å². The van der Waals surface area contributed by atoms with Crippen LogP contribution < -0.4 is 11.1 Å². The van der Waals surface area contributed by atoms with E-state index in [2.05, 4.69) is 35.7 Å². The summed E-state index contributed by atoms with van der Waals surface area (Å²) in [5.41, 5.74) is 7.76. The standard InChI is InChI=1S/C20H32N2O2/c21-13-3-1-2-4-14-22-15-11-19-7-9-20(10-8-19)12-18-24-17-6-5-16-23/h7-12,15,18,22-23H,1-6,13-14,16-17,21H2. The molecule has 0 saturated heterocycles. The fourth-order valence-corrected chi connectivity index (χ4v) is 2.17. The maximum Gasteiger partial charge on any atom is 0.0874 e. The second-order valence-corrected chi connectivity index (χ2v) is 5.76. The first-order valence-electron chi connectivity index (χ1n) is 8.96. The minimum atomic E-state index is 0.227. The van der Waals surface area contributed by atoms with Crippen molar-refractivity contribution in [1.82, 2.24) is 5.32 Å². The van der Waals surface area contributed by atoms with Crippen LogP contribution in [0.2, 0.25) is 0 Å². The molecule has 1 aromatic rings. The van der Waals surface area contributed by atoms with Crippen molar-refractivity contribution in [3.63, 3.8) is 0 Å². The molecule has 0 fully saturated rings. The minimum absolute atomic E-state index is 0.227.